The molecule has 3 aromatic rings. The monoisotopic (exact) mass is 640 g/mol. The molecule has 0 aliphatic carbocycles. The van der Waals surface area contributed by atoms with Crippen molar-refractivity contribution in [2.45, 2.75) is 78.3 Å². The lowest BCUT2D eigenvalue weighted by atomic mass is 10.1. The van der Waals surface area contributed by atoms with E-state index < -0.39 is 26.1 Å². The lowest BCUT2D eigenvalue weighted by Crippen LogP contribution is -2.50. The van der Waals surface area contributed by atoms with E-state index in [1.807, 2.05) is 41.5 Å². The summed E-state index contributed by atoms with van der Waals surface area (Å²) in [4.78, 5) is 20.9. The number of furan rings is 1. The SMILES string of the molecule is Cc1nc(C)c(CN(CCCC[C@H](NS(=O)(=O)c2ccc3occc3c2)C(=O)N(CC(C)C)CC(C)C)S(C)(=O)=O)s1. The number of nitrogens with zero attached hydrogens (tertiary/aromatic N) is 3. The van der Waals surface area contributed by atoms with Crippen LogP contribution in [0.1, 0.15) is 62.5 Å². The first kappa shape index (κ1) is 34.2. The number of amides is 1. The Labute approximate surface area is 254 Å². The van der Waals surface area contributed by atoms with Gasteiger partial charge in [-0.05, 0) is 62.8 Å². The molecule has 3 rings (SSSR count). The topological polar surface area (TPSA) is 130 Å². The van der Waals surface area contributed by atoms with E-state index in [2.05, 4.69) is 9.71 Å². The highest BCUT2D eigenvalue weighted by molar-refractivity contribution is 7.89. The van der Waals surface area contributed by atoms with Crippen LogP contribution in [-0.2, 0) is 31.4 Å². The highest BCUT2D eigenvalue weighted by Crippen LogP contribution is 2.23. The fourth-order valence-corrected chi connectivity index (χ4v) is 7.95. The van der Waals surface area contributed by atoms with Crippen molar-refractivity contribution in [3.63, 3.8) is 0 Å². The number of aromatic nitrogens is 1. The van der Waals surface area contributed by atoms with E-state index in [-0.39, 0.29) is 42.1 Å². The van der Waals surface area contributed by atoms with E-state index in [4.69, 9.17) is 4.42 Å². The highest BCUT2D eigenvalue weighted by atomic mass is 32.2. The number of benzene rings is 1. The molecule has 0 bridgehead atoms. The van der Waals surface area contributed by atoms with Crippen LogP contribution < -0.4 is 4.72 Å². The second-order valence-electron chi connectivity index (χ2n) is 11.7. The Hall–Kier alpha value is -2.32. The number of carbonyl (C=O) groups is 1. The van der Waals surface area contributed by atoms with Crippen LogP contribution in [0.25, 0.3) is 11.0 Å². The van der Waals surface area contributed by atoms with Crippen molar-refractivity contribution in [3.05, 3.63) is 46.1 Å². The summed E-state index contributed by atoms with van der Waals surface area (Å²) in [6.45, 7) is 13.3. The zero-order valence-corrected chi connectivity index (χ0v) is 28.0. The maximum Gasteiger partial charge on any atom is 0.241 e. The smallest absolute Gasteiger partial charge is 0.241 e. The number of fused-ring (bicyclic) bond motifs is 1. The Morgan fingerprint density at radius 3 is 2.26 bits per heavy atom. The average Bonchev–Trinajstić information content (AvgIpc) is 3.47. The standard InChI is InChI=1S/C29H44N4O6S3/c1-20(2)17-32(18-21(3)4)29(34)26(31-42(37,38)25-11-12-27-24(16-25)13-15-39-27)10-8-9-14-33(41(7,35)36)19-28-22(5)30-23(6)40-28/h11-13,15-16,20-21,26,31H,8-10,14,17-19H2,1-7H3/t26-/m0/s1. The molecule has 0 unspecified atom stereocenters. The summed E-state index contributed by atoms with van der Waals surface area (Å²) in [7, 11) is -7.52. The molecule has 0 aliphatic heterocycles. The molecule has 0 radical (unpaired) electrons. The molecule has 13 heteroatoms. The third-order valence-electron chi connectivity index (χ3n) is 6.75. The Morgan fingerprint density at radius 1 is 1.02 bits per heavy atom. The van der Waals surface area contributed by atoms with Gasteiger partial charge in [-0.2, -0.15) is 9.03 Å². The van der Waals surface area contributed by atoms with Gasteiger partial charge in [0, 0.05) is 36.4 Å². The molecule has 1 atom stereocenters. The van der Waals surface area contributed by atoms with Gasteiger partial charge in [-0.25, -0.2) is 21.8 Å². The first-order valence-corrected chi connectivity index (χ1v) is 18.4. The van der Waals surface area contributed by atoms with E-state index >= 15 is 0 Å². The molecule has 1 amide bonds. The normalized spacial score (nSPS) is 13.5. The molecule has 234 valence electrons. The first-order valence-electron chi connectivity index (χ1n) is 14.2. The summed E-state index contributed by atoms with van der Waals surface area (Å²) in [6.07, 6.45) is 3.82. The van der Waals surface area contributed by atoms with Crippen LogP contribution in [0.2, 0.25) is 0 Å². The number of sulfonamides is 2. The van der Waals surface area contributed by atoms with Crippen LogP contribution in [-0.4, -0.2) is 68.9 Å². The molecule has 0 aliphatic rings. The summed E-state index contributed by atoms with van der Waals surface area (Å²) >= 11 is 1.47. The Morgan fingerprint density at radius 2 is 1.69 bits per heavy atom. The minimum absolute atomic E-state index is 0.0481. The van der Waals surface area contributed by atoms with E-state index in [1.54, 1.807) is 17.0 Å². The Balaban J connectivity index is 1.79. The molecule has 10 nitrogen and oxygen atoms in total. The third-order valence-corrected chi connectivity index (χ3v) is 10.5. The molecule has 0 fully saturated rings. The summed E-state index contributed by atoms with van der Waals surface area (Å²) < 4.78 is 61.5. The van der Waals surface area contributed by atoms with Gasteiger partial charge in [0.15, 0.2) is 0 Å². The minimum atomic E-state index is -4.04. The number of nitrogens with one attached hydrogen (secondary N) is 1. The van der Waals surface area contributed by atoms with Gasteiger partial charge in [0.25, 0.3) is 0 Å². The molecule has 0 saturated carbocycles. The van der Waals surface area contributed by atoms with E-state index in [0.717, 1.165) is 15.6 Å². The lowest BCUT2D eigenvalue weighted by Gasteiger charge is -2.30. The summed E-state index contributed by atoms with van der Waals surface area (Å²) in [5.74, 6) is 0.132. The second kappa shape index (κ2) is 14.4. The summed E-state index contributed by atoms with van der Waals surface area (Å²) in [5.41, 5.74) is 1.39. The van der Waals surface area contributed by atoms with Gasteiger partial charge in [0.2, 0.25) is 26.0 Å². The predicted octanol–water partition coefficient (Wildman–Crippen LogP) is 4.93. The van der Waals surface area contributed by atoms with Gasteiger partial charge >= 0.3 is 0 Å². The molecule has 1 aromatic carbocycles. The van der Waals surface area contributed by atoms with E-state index in [9.17, 15) is 21.6 Å². The maximum absolute atomic E-state index is 13.8. The minimum Gasteiger partial charge on any atom is -0.464 e. The van der Waals surface area contributed by atoms with Crippen molar-refractivity contribution in [2.75, 3.05) is 25.9 Å². The van der Waals surface area contributed by atoms with Crippen LogP contribution in [0.5, 0.6) is 0 Å². The number of carbonyl (C=O) groups excluding carboxylic acids is 1. The van der Waals surface area contributed by atoms with Gasteiger partial charge in [-0.1, -0.05) is 34.1 Å². The summed E-state index contributed by atoms with van der Waals surface area (Å²) in [5, 5.41) is 1.53. The van der Waals surface area contributed by atoms with Crippen molar-refractivity contribution >= 4 is 48.3 Å². The van der Waals surface area contributed by atoms with Gasteiger partial charge in [-0.3, -0.25) is 4.79 Å². The summed E-state index contributed by atoms with van der Waals surface area (Å²) in [6, 6.07) is 5.27. The van der Waals surface area contributed by atoms with Crippen molar-refractivity contribution in [1.82, 2.24) is 18.9 Å². The molecular weight excluding hydrogens is 597 g/mol. The molecule has 0 saturated heterocycles. The molecule has 2 heterocycles. The van der Waals surface area contributed by atoms with Crippen molar-refractivity contribution in [3.8, 4) is 0 Å². The maximum atomic E-state index is 13.8. The highest BCUT2D eigenvalue weighted by Gasteiger charge is 2.30. The van der Waals surface area contributed by atoms with Crippen LogP contribution in [0.3, 0.4) is 0 Å². The van der Waals surface area contributed by atoms with Crippen molar-refractivity contribution in [1.29, 1.82) is 0 Å². The predicted molar refractivity (Wildman–Crippen MR) is 167 cm³/mol. The van der Waals surface area contributed by atoms with E-state index in [0.29, 0.717) is 36.9 Å². The van der Waals surface area contributed by atoms with Crippen LogP contribution in [0.4, 0.5) is 0 Å². The molecule has 1 N–H and O–H groups in total. The van der Waals surface area contributed by atoms with Crippen LogP contribution in [0.15, 0.2) is 39.8 Å². The lowest BCUT2D eigenvalue weighted by molar-refractivity contribution is -0.134. The first-order chi connectivity index (χ1) is 19.6. The zero-order chi connectivity index (χ0) is 31.2. The van der Waals surface area contributed by atoms with Gasteiger partial charge in [0.1, 0.15) is 11.6 Å². The zero-order valence-electron chi connectivity index (χ0n) is 25.6. The third kappa shape index (κ3) is 9.60. The van der Waals surface area contributed by atoms with Gasteiger partial charge in [-0.15, -0.1) is 11.3 Å². The van der Waals surface area contributed by atoms with Crippen LogP contribution >= 0.6 is 11.3 Å². The molecule has 42 heavy (non-hydrogen) atoms. The second-order valence-corrected chi connectivity index (χ2v) is 16.6. The number of hydrogen-bond donors (Lipinski definition) is 1. The number of aryl methyl sites for hydroxylation is 2. The molecule has 2 aromatic heterocycles. The Kier molecular flexibility index (Phi) is 11.7. The average molecular weight is 641 g/mol. The molecule has 0 spiro atoms. The van der Waals surface area contributed by atoms with Crippen molar-refractivity contribution < 1.29 is 26.0 Å². The van der Waals surface area contributed by atoms with Gasteiger partial charge in [0.05, 0.1) is 28.1 Å². The number of hydrogen-bond acceptors (Lipinski definition) is 8. The van der Waals surface area contributed by atoms with Crippen molar-refractivity contribution in [2.24, 2.45) is 11.8 Å². The fourth-order valence-electron chi connectivity index (χ4n) is 4.84. The number of unbranched alkanes of at least 4 members (excludes halogenated alkanes) is 1. The fraction of sp³-hybridized carbons (Fsp3) is 0.586. The Bertz CT molecular complexity index is 1550. The largest absolute Gasteiger partial charge is 0.464 e. The number of thiazole rings is 1. The molecular formula is C29H44N4O6S3. The van der Waals surface area contributed by atoms with Gasteiger partial charge < -0.3 is 9.32 Å². The number of rotatable bonds is 16. The van der Waals surface area contributed by atoms with E-state index in [1.165, 1.54) is 40.3 Å². The van der Waals surface area contributed by atoms with Crippen LogP contribution in [0, 0.1) is 25.7 Å². The quantitative estimate of drug-likeness (QED) is 0.220.